The van der Waals surface area contributed by atoms with E-state index in [0.717, 1.165) is 13.1 Å². The molecule has 3 nitrogen and oxygen atoms in total. The van der Waals surface area contributed by atoms with Crippen LogP contribution in [0, 0.1) is 6.92 Å². The van der Waals surface area contributed by atoms with Gasteiger partial charge in [0.1, 0.15) is 0 Å². The summed E-state index contributed by atoms with van der Waals surface area (Å²) in [5.74, 6) is 0. The standard InChI is InChI=1S/C13H17N3S/c1-10-2-4-11(5-3-10)13(14)8-15-6-12-7-16-9-17-12/h2-5,7,9,13,15H,6,8,14H2,1H3. The summed E-state index contributed by atoms with van der Waals surface area (Å²) in [6.45, 7) is 3.70. The molecule has 0 amide bonds. The number of nitrogens with one attached hydrogen (secondary N) is 1. The Bertz CT molecular complexity index is 436. The molecule has 0 fully saturated rings. The molecule has 90 valence electrons. The second kappa shape index (κ2) is 5.91. The maximum absolute atomic E-state index is 6.11. The Morgan fingerprint density at radius 1 is 1.35 bits per heavy atom. The van der Waals surface area contributed by atoms with Crippen LogP contribution < -0.4 is 11.1 Å². The van der Waals surface area contributed by atoms with Crippen molar-refractivity contribution in [2.24, 2.45) is 5.73 Å². The highest BCUT2D eigenvalue weighted by molar-refractivity contribution is 7.09. The Hall–Kier alpha value is -1.23. The fourth-order valence-corrected chi connectivity index (χ4v) is 2.18. The lowest BCUT2D eigenvalue weighted by molar-refractivity contribution is 0.601. The van der Waals surface area contributed by atoms with E-state index in [-0.39, 0.29) is 6.04 Å². The maximum atomic E-state index is 6.11. The number of thiazole rings is 1. The van der Waals surface area contributed by atoms with Crippen LogP contribution in [-0.4, -0.2) is 11.5 Å². The van der Waals surface area contributed by atoms with Crippen molar-refractivity contribution in [3.05, 3.63) is 52.0 Å². The zero-order valence-electron chi connectivity index (χ0n) is 9.89. The Labute approximate surface area is 106 Å². The summed E-state index contributed by atoms with van der Waals surface area (Å²) < 4.78 is 0. The number of benzene rings is 1. The molecule has 0 aliphatic heterocycles. The predicted molar refractivity (Wildman–Crippen MR) is 71.9 cm³/mol. The molecule has 1 aromatic carbocycles. The van der Waals surface area contributed by atoms with Crippen LogP contribution in [0.4, 0.5) is 0 Å². The van der Waals surface area contributed by atoms with E-state index >= 15 is 0 Å². The SMILES string of the molecule is Cc1ccc(C(N)CNCc2cncs2)cc1. The Morgan fingerprint density at radius 3 is 2.76 bits per heavy atom. The summed E-state index contributed by atoms with van der Waals surface area (Å²) in [7, 11) is 0. The van der Waals surface area contributed by atoms with E-state index in [4.69, 9.17) is 5.73 Å². The summed E-state index contributed by atoms with van der Waals surface area (Å²) in [6.07, 6.45) is 1.88. The quantitative estimate of drug-likeness (QED) is 0.852. The summed E-state index contributed by atoms with van der Waals surface area (Å²) in [5, 5.41) is 3.35. The third-order valence-electron chi connectivity index (χ3n) is 2.65. The van der Waals surface area contributed by atoms with Crippen LogP contribution in [0.1, 0.15) is 22.0 Å². The molecule has 0 aliphatic carbocycles. The molecule has 0 saturated carbocycles. The van der Waals surface area contributed by atoms with E-state index in [1.807, 2.05) is 11.7 Å². The second-order valence-corrected chi connectivity index (χ2v) is 5.09. The predicted octanol–water partition coefficient (Wildman–Crippen LogP) is 2.24. The highest BCUT2D eigenvalue weighted by Gasteiger charge is 2.05. The fourth-order valence-electron chi connectivity index (χ4n) is 1.61. The highest BCUT2D eigenvalue weighted by atomic mass is 32.1. The molecular weight excluding hydrogens is 230 g/mol. The average molecular weight is 247 g/mol. The maximum Gasteiger partial charge on any atom is 0.0794 e. The lowest BCUT2D eigenvalue weighted by atomic mass is 10.1. The minimum Gasteiger partial charge on any atom is -0.323 e. The van der Waals surface area contributed by atoms with Crippen LogP contribution in [0.15, 0.2) is 36.0 Å². The Morgan fingerprint density at radius 2 is 2.12 bits per heavy atom. The van der Waals surface area contributed by atoms with Gasteiger partial charge in [-0.15, -0.1) is 11.3 Å². The molecule has 1 unspecified atom stereocenters. The number of aromatic nitrogens is 1. The summed E-state index contributed by atoms with van der Waals surface area (Å²) >= 11 is 1.66. The number of nitrogens with zero attached hydrogens (tertiary/aromatic N) is 1. The number of hydrogen-bond donors (Lipinski definition) is 2. The van der Waals surface area contributed by atoms with E-state index in [1.54, 1.807) is 11.3 Å². The zero-order valence-corrected chi connectivity index (χ0v) is 10.7. The molecule has 2 rings (SSSR count). The van der Waals surface area contributed by atoms with Gasteiger partial charge in [0.05, 0.1) is 5.51 Å². The van der Waals surface area contributed by atoms with Crippen LogP contribution in [0.2, 0.25) is 0 Å². The molecule has 0 saturated heterocycles. The van der Waals surface area contributed by atoms with Gasteiger partial charge in [-0.05, 0) is 12.5 Å². The topological polar surface area (TPSA) is 50.9 Å². The Kier molecular flexibility index (Phi) is 4.25. The van der Waals surface area contributed by atoms with Crippen LogP contribution in [-0.2, 0) is 6.54 Å². The van der Waals surface area contributed by atoms with Crippen LogP contribution in [0.3, 0.4) is 0 Å². The molecule has 2 aromatic rings. The third-order valence-corrected chi connectivity index (χ3v) is 3.43. The van der Waals surface area contributed by atoms with Gasteiger partial charge in [0, 0.05) is 30.2 Å². The van der Waals surface area contributed by atoms with Gasteiger partial charge in [0.15, 0.2) is 0 Å². The van der Waals surface area contributed by atoms with E-state index in [1.165, 1.54) is 16.0 Å². The summed E-state index contributed by atoms with van der Waals surface area (Å²) in [6, 6.07) is 8.42. The largest absolute Gasteiger partial charge is 0.323 e. The average Bonchev–Trinajstić information content (AvgIpc) is 2.83. The van der Waals surface area contributed by atoms with Gasteiger partial charge in [-0.2, -0.15) is 0 Å². The van der Waals surface area contributed by atoms with Gasteiger partial charge in [0.2, 0.25) is 0 Å². The minimum absolute atomic E-state index is 0.0449. The molecule has 4 heteroatoms. The number of nitrogens with two attached hydrogens (primary N) is 1. The van der Waals surface area contributed by atoms with Crippen molar-refractivity contribution in [1.29, 1.82) is 0 Å². The summed E-state index contributed by atoms with van der Waals surface area (Å²) in [4.78, 5) is 5.27. The van der Waals surface area contributed by atoms with Crippen LogP contribution in [0.5, 0.6) is 0 Å². The van der Waals surface area contributed by atoms with Crippen molar-refractivity contribution in [2.45, 2.75) is 19.5 Å². The first-order valence-corrected chi connectivity index (χ1v) is 6.54. The molecule has 1 aromatic heterocycles. The van der Waals surface area contributed by atoms with Gasteiger partial charge < -0.3 is 11.1 Å². The van der Waals surface area contributed by atoms with Gasteiger partial charge in [0.25, 0.3) is 0 Å². The summed E-state index contributed by atoms with van der Waals surface area (Å²) in [5.41, 5.74) is 10.4. The molecule has 0 spiro atoms. The van der Waals surface area contributed by atoms with E-state index in [9.17, 15) is 0 Å². The van der Waals surface area contributed by atoms with Crippen molar-refractivity contribution < 1.29 is 0 Å². The van der Waals surface area contributed by atoms with Gasteiger partial charge in [-0.3, -0.25) is 4.98 Å². The van der Waals surface area contributed by atoms with Crippen molar-refractivity contribution in [3.8, 4) is 0 Å². The van der Waals surface area contributed by atoms with Crippen molar-refractivity contribution >= 4 is 11.3 Å². The van der Waals surface area contributed by atoms with E-state index < -0.39 is 0 Å². The fraction of sp³-hybridized carbons (Fsp3) is 0.308. The molecule has 3 N–H and O–H groups in total. The molecule has 0 radical (unpaired) electrons. The molecule has 0 aliphatic rings. The molecular formula is C13H17N3S. The smallest absolute Gasteiger partial charge is 0.0794 e. The van der Waals surface area contributed by atoms with Crippen LogP contribution >= 0.6 is 11.3 Å². The first-order valence-electron chi connectivity index (χ1n) is 5.66. The van der Waals surface area contributed by atoms with Crippen molar-refractivity contribution in [3.63, 3.8) is 0 Å². The number of rotatable bonds is 5. The minimum atomic E-state index is 0.0449. The molecule has 0 bridgehead atoms. The zero-order chi connectivity index (χ0) is 12.1. The second-order valence-electron chi connectivity index (χ2n) is 4.12. The van der Waals surface area contributed by atoms with Crippen molar-refractivity contribution in [1.82, 2.24) is 10.3 Å². The monoisotopic (exact) mass is 247 g/mol. The van der Waals surface area contributed by atoms with Crippen molar-refractivity contribution in [2.75, 3.05) is 6.54 Å². The first kappa shape index (κ1) is 12.2. The first-order chi connectivity index (χ1) is 8.25. The van der Waals surface area contributed by atoms with Gasteiger partial charge >= 0.3 is 0 Å². The molecule has 17 heavy (non-hydrogen) atoms. The highest BCUT2D eigenvalue weighted by Crippen LogP contribution is 2.11. The third kappa shape index (κ3) is 3.63. The van der Waals surface area contributed by atoms with Gasteiger partial charge in [-0.25, -0.2) is 0 Å². The molecule has 1 heterocycles. The van der Waals surface area contributed by atoms with E-state index in [2.05, 4.69) is 41.5 Å². The lowest BCUT2D eigenvalue weighted by Gasteiger charge is -2.12. The number of aryl methyl sites for hydroxylation is 1. The molecule has 1 atom stereocenters. The number of hydrogen-bond acceptors (Lipinski definition) is 4. The van der Waals surface area contributed by atoms with E-state index in [0.29, 0.717) is 0 Å². The normalized spacial score (nSPS) is 12.6. The lowest BCUT2D eigenvalue weighted by Crippen LogP contribution is -2.26. The Balaban J connectivity index is 1.81. The van der Waals surface area contributed by atoms with Gasteiger partial charge in [-0.1, -0.05) is 29.8 Å². The van der Waals surface area contributed by atoms with Crippen LogP contribution in [0.25, 0.3) is 0 Å².